The molecule has 0 fully saturated rings. The van der Waals surface area contributed by atoms with Crippen molar-refractivity contribution in [2.24, 2.45) is 0 Å². The molecular formula is C9H5Cl2FN2OS. The molecule has 84 valence electrons. The molecule has 0 bridgehead atoms. The molecule has 2 aromatic rings. The second-order valence-corrected chi connectivity index (χ2v) is 4.62. The molecular weight excluding hydrogens is 274 g/mol. The van der Waals surface area contributed by atoms with E-state index in [4.69, 9.17) is 27.9 Å². The largest absolute Gasteiger partial charge is 0.487 e. The Hall–Kier alpha value is -0.910. The zero-order valence-electron chi connectivity index (χ0n) is 7.78. The van der Waals surface area contributed by atoms with Crippen LogP contribution in [0.15, 0.2) is 18.2 Å². The third-order valence-corrected chi connectivity index (χ3v) is 3.05. The smallest absolute Gasteiger partial charge is 0.142 e. The van der Waals surface area contributed by atoms with Crippen LogP contribution in [0.5, 0.6) is 5.75 Å². The number of aromatic nitrogens is 2. The fourth-order valence-corrected chi connectivity index (χ4v) is 1.77. The first-order valence-electron chi connectivity index (χ1n) is 4.21. The predicted molar refractivity (Wildman–Crippen MR) is 60.7 cm³/mol. The molecule has 0 aliphatic rings. The molecule has 1 heterocycles. The molecule has 1 aromatic carbocycles. The number of benzene rings is 1. The number of hydrogen-bond donors (Lipinski definition) is 0. The lowest BCUT2D eigenvalue weighted by Crippen LogP contribution is -1.96. The van der Waals surface area contributed by atoms with Crippen molar-refractivity contribution in [3.8, 4) is 5.75 Å². The van der Waals surface area contributed by atoms with Gasteiger partial charge < -0.3 is 4.74 Å². The third-order valence-electron chi connectivity index (χ3n) is 1.78. The molecule has 1 aromatic heterocycles. The molecule has 0 amide bonds. The Morgan fingerprint density at radius 3 is 2.81 bits per heavy atom. The van der Waals surface area contributed by atoms with E-state index >= 15 is 0 Å². The lowest BCUT2D eigenvalue weighted by Gasteiger charge is -2.04. The van der Waals surface area contributed by atoms with Crippen LogP contribution in [0.25, 0.3) is 0 Å². The van der Waals surface area contributed by atoms with Gasteiger partial charge in [0.25, 0.3) is 0 Å². The van der Waals surface area contributed by atoms with Crippen molar-refractivity contribution in [3.63, 3.8) is 0 Å². The minimum Gasteiger partial charge on any atom is -0.487 e. The van der Waals surface area contributed by atoms with Gasteiger partial charge in [-0.15, -0.1) is 5.10 Å². The van der Waals surface area contributed by atoms with Gasteiger partial charge in [-0.1, -0.05) is 27.7 Å². The summed E-state index contributed by atoms with van der Waals surface area (Å²) in [5.74, 6) is -0.0298. The molecule has 0 aliphatic carbocycles. The lowest BCUT2D eigenvalue weighted by atomic mass is 10.3. The van der Waals surface area contributed by atoms with E-state index in [1.165, 1.54) is 18.2 Å². The Bertz CT molecular complexity index is 506. The highest BCUT2D eigenvalue weighted by molar-refractivity contribution is 7.10. The molecule has 0 spiro atoms. The monoisotopic (exact) mass is 278 g/mol. The van der Waals surface area contributed by atoms with Gasteiger partial charge in [0.2, 0.25) is 0 Å². The average molecular weight is 279 g/mol. The normalized spacial score (nSPS) is 10.4. The number of ether oxygens (including phenoxy) is 1. The van der Waals surface area contributed by atoms with Crippen LogP contribution in [0.2, 0.25) is 9.36 Å². The van der Waals surface area contributed by atoms with Crippen molar-refractivity contribution in [2.75, 3.05) is 0 Å². The third kappa shape index (κ3) is 2.61. The maximum absolute atomic E-state index is 12.8. The molecule has 3 nitrogen and oxygen atoms in total. The summed E-state index contributed by atoms with van der Waals surface area (Å²) in [6.07, 6.45) is 0. The van der Waals surface area contributed by atoms with Crippen molar-refractivity contribution >= 4 is 34.7 Å². The van der Waals surface area contributed by atoms with E-state index in [0.29, 0.717) is 15.8 Å². The maximum atomic E-state index is 12.8. The van der Waals surface area contributed by atoms with Gasteiger partial charge in [0.05, 0.1) is 5.02 Å². The predicted octanol–water partition coefficient (Wildman–Crippen LogP) is 3.56. The van der Waals surface area contributed by atoms with Gasteiger partial charge in [0.15, 0.2) is 0 Å². The van der Waals surface area contributed by atoms with Crippen LogP contribution in [0, 0.1) is 5.82 Å². The van der Waals surface area contributed by atoms with Crippen LogP contribution in [-0.2, 0) is 6.61 Å². The van der Waals surface area contributed by atoms with Gasteiger partial charge in [-0.2, -0.15) is 0 Å². The van der Waals surface area contributed by atoms with Crippen molar-refractivity contribution in [2.45, 2.75) is 6.61 Å². The Labute approximate surface area is 105 Å². The summed E-state index contributed by atoms with van der Waals surface area (Å²) >= 11 is 12.5. The van der Waals surface area contributed by atoms with Crippen molar-refractivity contribution in [1.29, 1.82) is 0 Å². The van der Waals surface area contributed by atoms with E-state index in [-0.39, 0.29) is 11.6 Å². The van der Waals surface area contributed by atoms with Crippen molar-refractivity contribution < 1.29 is 9.13 Å². The lowest BCUT2D eigenvalue weighted by molar-refractivity contribution is 0.301. The number of nitrogens with zero attached hydrogens (tertiary/aromatic N) is 2. The Kier molecular flexibility index (Phi) is 3.58. The molecule has 7 heteroatoms. The molecule has 0 unspecified atom stereocenters. The number of halogens is 3. The molecule has 2 rings (SSSR count). The van der Waals surface area contributed by atoms with Gasteiger partial charge in [-0.25, -0.2) is 4.39 Å². The van der Waals surface area contributed by atoms with E-state index < -0.39 is 5.82 Å². The molecule has 0 radical (unpaired) electrons. The van der Waals surface area contributed by atoms with E-state index in [1.807, 2.05) is 0 Å². The van der Waals surface area contributed by atoms with Gasteiger partial charge in [0.1, 0.15) is 28.2 Å². The summed E-state index contributed by atoms with van der Waals surface area (Å²) in [7, 11) is 0. The Morgan fingerprint density at radius 1 is 1.38 bits per heavy atom. The van der Waals surface area contributed by atoms with Crippen LogP contribution >= 0.6 is 34.7 Å². The van der Waals surface area contributed by atoms with Crippen molar-refractivity contribution in [1.82, 2.24) is 9.59 Å². The molecule has 0 atom stereocenters. The first kappa shape index (κ1) is 11.6. The quantitative estimate of drug-likeness (QED) is 0.861. The topological polar surface area (TPSA) is 35.0 Å². The SMILES string of the molecule is Fc1ccc(OCc2nnsc2Cl)cc1Cl. The zero-order valence-corrected chi connectivity index (χ0v) is 10.1. The number of rotatable bonds is 3. The summed E-state index contributed by atoms with van der Waals surface area (Å²) in [6.45, 7) is 0.178. The second-order valence-electron chi connectivity index (χ2n) is 2.86. The fraction of sp³-hybridized carbons (Fsp3) is 0.111. The van der Waals surface area contributed by atoms with E-state index in [2.05, 4.69) is 9.59 Å². The highest BCUT2D eigenvalue weighted by Crippen LogP contribution is 2.23. The van der Waals surface area contributed by atoms with Crippen LogP contribution in [0.4, 0.5) is 4.39 Å². The standard InChI is InChI=1S/C9H5Cl2FN2OS/c10-6-3-5(1-2-7(6)12)15-4-8-9(11)16-14-13-8/h1-3H,4H2. The molecule has 0 aliphatic heterocycles. The highest BCUT2D eigenvalue weighted by Gasteiger charge is 2.07. The highest BCUT2D eigenvalue weighted by atomic mass is 35.5. The average Bonchev–Trinajstić information content (AvgIpc) is 2.66. The van der Waals surface area contributed by atoms with Crippen LogP contribution in [0.3, 0.4) is 0 Å². The maximum Gasteiger partial charge on any atom is 0.142 e. The Morgan fingerprint density at radius 2 is 2.19 bits per heavy atom. The number of hydrogen-bond acceptors (Lipinski definition) is 4. The minimum atomic E-state index is -0.484. The molecule has 0 N–H and O–H groups in total. The van der Waals surface area contributed by atoms with E-state index in [1.54, 1.807) is 0 Å². The summed E-state index contributed by atoms with van der Waals surface area (Å²) in [4.78, 5) is 0. The summed E-state index contributed by atoms with van der Waals surface area (Å²) in [5.41, 5.74) is 0.548. The van der Waals surface area contributed by atoms with Crippen LogP contribution < -0.4 is 4.74 Å². The first-order valence-corrected chi connectivity index (χ1v) is 5.74. The van der Waals surface area contributed by atoms with Crippen molar-refractivity contribution in [3.05, 3.63) is 39.1 Å². The van der Waals surface area contributed by atoms with Gasteiger partial charge in [0, 0.05) is 17.6 Å². The minimum absolute atomic E-state index is 0.0139. The summed E-state index contributed by atoms with van der Waals surface area (Å²) in [6, 6.07) is 4.11. The van der Waals surface area contributed by atoms with E-state index in [9.17, 15) is 4.39 Å². The summed E-state index contributed by atoms with van der Waals surface area (Å²) in [5, 5.41) is 3.79. The fourth-order valence-electron chi connectivity index (χ4n) is 1.00. The summed E-state index contributed by atoms with van der Waals surface area (Å²) < 4.78 is 22.3. The van der Waals surface area contributed by atoms with Gasteiger partial charge in [-0.05, 0) is 12.1 Å². The molecule has 16 heavy (non-hydrogen) atoms. The first-order chi connectivity index (χ1) is 7.66. The second kappa shape index (κ2) is 4.95. The zero-order chi connectivity index (χ0) is 11.5. The van der Waals surface area contributed by atoms with Crippen LogP contribution in [0.1, 0.15) is 5.69 Å². The molecule has 0 saturated carbocycles. The Balaban J connectivity index is 2.05. The van der Waals surface area contributed by atoms with Crippen LogP contribution in [-0.4, -0.2) is 9.59 Å². The van der Waals surface area contributed by atoms with Gasteiger partial charge >= 0.3 is 0 Å². The van der Waals surface area contributed by atoms with E-state index in [0.717, 1.165) is 11.5 Å². The van der Waals surface area contributed by atoms with Gasteiger partial charge in [-0.3, -0.25) is 0 Å². The molecule has 0 saturated heterocycles.